The first kappa shape index (κ1) is 20.5. The molecule has 2 aromatic carbocycles. The molecule has 29 heavy (non-hydrogen) atoms. The number of fused-ring (bicyclic) bond motifs is 1. The molecule has 10 heteroatoms. The molecule has 1 heterocycles. The lowest BCUT2D eigenvalue weighted by atomic mass is 10.1. The van der Waals surface area contributed by atoms with E-state index in [9.17, 15) is 22.8 Å². The number of nitrogens with two attached hydrogens (primary N) is 1. The first-order chi connectivity index (χ1) is 13.7. The lowest BCUT2D eigenvalue weighted by Gasteiger charge is -2.12. The summed E-state index contributed by atoms with van der Waals surface area (Å²) in [5, 5.41) is 7.76. The van der Waals surface area contributed by atoms with Crippen LogP contribution in [0.5, 0.6) is 0 Å². The summed E-state index contributed by atoms with van der Waals surface area (Å²) in [6.07, 6.45) is 0.461. The average Bonchev–Trinajstić information content (AvgIpc) is 2.69. The van der Waals surface area contributed by atoms with Crippen molar-refractivity contribution in [2.24, 2.45) is 12.2 Å². The summed E-state index contributed by atoms with van der Waals surface area (Å²) in [5.74, 6) is -0.410. The molecule has 0 bridgehead atoms. The van der Waals surface area contributed by atoms with Crippen LogP contribution < -0.4 is 21.6 Å². The molecule has 0 aliphatic heterocycles. The van der Waals surface area contributed by atoms with Crippen LogP contribution in [0.15, 0.2) is 63.0 Å². The highest BCUT2D eigenvalue weighted by molar-refractivity contribution is 7.89. The summed E-state index contributed by atoms with van der Waals surface area (Å²) in [6, 6.07) is 12.9. The third kappa shape index (κ3) is 4.44. The van der Waals surface area contributed by atoms with Gasteiger partial charge < -0.3 is 9.88 Å². The number of carbonyl (C=O) groups excluding carboxylic acids is 1. The van der Waals surface area contributed by atoms with Gasteiger partial charge in [-0.15, -0.1) is 0 Å². The quantitative estimate of drug-likeness (QED) is 0.533. The molecule has 152 valence electrons. The summed E-state index contributed by atoms with van der Waals surface area (Å²) in [4.78, 5) is 36.8. The number of amides is 1. The molecule has 0 spiro atoms. The van der Waals surface area contributed by atoms with E-state index in [2.05, 4.69) is 5.32 Å². The second kappa shape index (κ2) is 8.02. The molecule has 3 N–H and O–H groups in total. The fourth-order valence-electron chi connectivity index (χ4n) is 3.00. The third-order valence-corrected chi connectivity index (χ3v) is 5.49. The second-order valence-corrected chi connectivity index (χ2v) is 8.09. The molecule has 0 radical (unpaired) electrons. The number of benzene rings is 2. The largest absolute Gasteiger partial charge is 0.354 e. The lowest BCUT2D eigenvalue weighted by Crippen LogP contribution is -2.43. The first-order valence-electron chi connectivity index (χ1n) is 8.75. The molecule has 3 aromatic rings. The highest BCUT2D eigenvalue weighted by atomic mass is 32.2. The summed E-state index contributed by atoms with van der Waals surface area (Å²) >= 11 is 0. The van der Waals surface area contributed by atoms with Gasteiger partial charge >= 0.3 is 11.1 Å². The van der Waals surface area contributed by atoms with Crippen molar-refractivity contribution < 1.29 is 13.2 Å². The Bertz CT molecular complexity index is 1290. The molecule has 0 atom stereocenters. The SMILES string of the molecule is Cn1c(=O)c(=O)n(CC(=O)NCCc2ccc(S(N)(=O)=O)cc2)c2ccccc21. The maximum Gasteiger partial charge on any atom is 0.317 e. The first-order valence-corrected chi connectivity index (χ1v) is 10.3. The van der Waals surface area contributed by atoms with Gasteiger partial charge in [0.2, 0.25) is 15.9 Å². The van der Waals surface area contributed by atoms with Crippen molar-refractivity contribution in [2.75, 3.05) is 6.54 Å². The number of nitrogens with zero attached hydrogens (tertiary/aromatic N) is 2. The standard InChI is InChI=1S/C19H20N4O5S/c1-22-15-4-2-3-5-16(15)23(19(26)18(22)25)12-17(24)21-11-10-13-6-8-14(9-7-13)29(20,27)28/h2-9H,10-12H2,1H3,(H,21,24)(H2,20,27,28). The fourth-order valence-corrected chi connectivity index (χ4v) is 3.52. The van der Waals surface area contributed by atoms with Gasteiger partial charge in [-0.25, -0.2) is 13.6 Å². The normalized spacial score (nSPS) is 11.5. The Morgan fingerprint density at radius 2 is 1.62 bits per heavy atom. The molecule has 0 saturated heterocycles. The Hall–Kier alpha value is -3.24. The number of sulfonamides is 1. The Morgan fingerprint density at radius 1 is 1.00 bits per heavy atom. The molecule has 1 aromatic heterocycles. The van der Waals surface area contributed by atoms with E-state index in [-0.39, 0.29) is 18.0 Å². The molecule has 0 aliphatic rings. The zero-order valence-corrected chi connectivity index (χ0v) is 16.5. The maximum atomic E-state index is 12.3. The third-order valence-electron chi connectivity index (χ3n) is 4.56. The van der Waals surface area contributed by atoms with Gasteiger partial charge in [0.1, 0.15) is 6.54 Å². The summed E-state index contributed by atoms with van der Waals surface area (Å²) in [5.41, 5.74) is 0.397. The van der Waals surface area contributed by atoms with Crippen LogP contribution in [0.1, 0.15) is 5.56 Å². The second-order valence-electron chi connectivity index (χ2n) is 6.53. The van der Waals surface area contributed by atoms with E-state index < -0.39 is 27.0 Å². The smallest absolute Gasteiger partial charge is 0.317 e. The van der Waals surface area contributed by atoms with Crippen molar-refractivity contribution in [1.82, 2.24) is 14.5 Å². The van der Waals surface area contributed by atoms with Crippen molar-refractivity contribution in [2.45, 2.75) is 17.9 Å². The number of aryl methyl sites for hydroxylation is 1. The highest BCUT2D eigenvalue weighted by Gasteiger charge is 2.13. The fraction of sp³-hybridized carbons (Fsp3) is 0.211. The minimum absolute atomic E-state index is 0.0159. The molecule has 3 rings (SSSR count). The van der Waals surface area contributed by atoms with Gasteiger partial charge in [-0.2, -0.15) is 0 Å². The Morgan fingerprint density at radius 3 is 2.24 bits per heavy atom. The lowest BCUT2D eigenvalue weighted by molar-refractivity contribution is -0.121. The number of hydrogen-bond acceptors (Lipinski definition) is 5. The van der Waals surface area contributed by atoms with Gasteiger partial charge in [-0.05, 0) is 36.2 Å². The molecule has 0 saturated carbocycles. The van der Waals surface area contributed by atoms with Gasteiger partial charge in [0, 0.05) is 13.6 Å². The van der Waals surface area contributed by atoms with Gasteiger partial charge in [0.05, 0.1) is 15.9 Å². The predicted octanol–water partition coefficient (Wildman–Crippen LogP) is -0.293. The van der Waals surface area contributed by atoms with Crippen LogP contribution in [-0.2, 0) is 34.8 Å². The van der Waals surface area contributed by atoms with E-state index in [1.165, 1.54) is 23.7 Å². The predicted molar refractivity (Wildman–Crippen MR) is 108 cm³/mol. The highest BCUT2D eigenvalue weighted by Crippen LogP contribution is 2.10. The van der Waals surface area contributed by atoms with Gasteiger partial charge in [-0.1, -0.05) is 24.3 Å². The Balaban J connectivity index is 1.69. The van der Waals surface area contributed by atoms with Gasteiger partial charge in [0.15, 0.2) is 0 Å². The zero-order valence-electron chi connectivity index (χ0n) is 15.7. The van der Waals surface area contributed by atoms with E-state index in [0.717, 1.165) is 10.1 Å². The minimum Gasteiger partial charge on any atom is -0.354 e. The van der Waals surface area contributed by atoms with Crippen LogP contribution in [0.4, 0.5) is 0 Å². The van der Waals surface area contributed by atoms with Crippen molar-refractivity contribution >= 4 is 27.0 Å². The van der Waals surface area contributed by atoms with E-state index in [4.69, 9.17) is 5.14 Å². The van der Waals surface area contributed by atoms with Crippen LogP contribution in [0, 0.1) is 0 Å². The van der Waals surface area contributed by atoms with Crippen LogP contribution in [-0.4, -0.2) is 30.0 Å². The number of carbonyl (C=O) groups is 1. The number of rotatable bonds is 6. The number of nitrogens with one attached hydrogen (secondary N) is 1. The van der Waals surface area contributed by atoms with Crippen LogP contribution >= 0.6 is 0 Å². The van der Waals surface area contributed by atoms with E-state index in [0.29, 0.717) is 17.5 Å². The zero-order chi connectivity index (χ0) is 21.2. The van der Waals surface area contributed by atoms with Crippen molar-refractivity contribution in [3.63, 3.8) is 0 Å². The number of aromatic nitrogens is 2. The van der Waals surface area contributed by atoms with E-state index in [1.807, 2.05) is 0 Å². The topological polar surface area (TPSA) is 133 Å². The monoisotopic (exact) mass is 416 g/mol. The van der Waals surface area contributed by atoms with Crippen molar-refractivity contribution in [1.29, 1.82) is 0 Å². The van der Waals surface area contributed by atoms with E-state index in [1.54, 1.807) is 36.4 Å². The van der Waals surface area contributed by atoms with Gasteiger partial charge in [-0.3, -0.25) is 19.0 Å². The average molecular weight is 416 g/mol. The minimum atomic E-state index is -3.75. The van der Waals surface area contributed by atoms with Crippen molar-refractivity contribution in [3.05, 3.63) is 74.8 Å². The summed E-state index contributed by atoms with van der Waals surface area (Å²) in [7, 11) is -2.23. The Labute approximate surface area is 166 Å². The Kier molecular flexibility index (Phi) is 5.66. The van der Waals surface area contributed by atoms with Crippen LogP contribution in [0.25, 0.3) is 11.0 Å². The van der Waals surface area contributed by atoms with E-state index >= 15 is 0 Å². The molecule has 9 nitrogen and oxygen atoms in total. The van der Waals surface area contributed by atoms with Crippen LogP contribution in [0.2, 0.25) is 0 Å². The number of para-hydroxylation sites is 2. The number of primary sulfonamides is 1. The molecular weight excluding hydrogens is 396 g/mol. The summed E-state index contributed by atoms with van der Waals surface area (Å²) in [6.45, 7) is 0.00482. The number of hydrogen-bond donors (Lipinski definition) is 2. The molecule has 1 amide bonds. The van der Waals surface area contributed by atoms with Crippen molar-refractivity contribution in [3.8, 4) is 0 Å². The van der Waals surface area contributed by atoms with Crippen LogP contribution in [0.3, 0.4) is 0 Å². The van der Waals surface area contributed by atoms with Gasteiger partial charge in [0.25, 0.3) is 0 Å². The molecule has 0 fully saturated rings. The molecular formula is C19H20N4O5S. The molecule has 0 aliphatic carbocycles. The summed E-state index contributed by atoms with van der Waals surface area (Å²) < 4.78 is 24.9. The maximum absolute atomic E-state index is 12.3. The molecule has 0 unspecified atom stereocenters.